The van der Waals surface area contributed by atoms with Gasteiger partial charge in [-0.15, -0.1) is 11.8 Å². The van der Waals surface area contributed by atoms with Gasteiger partial charge < -0.3 is 10.2 Å². The first-order valence-electron chi connectivity index (χ1n) is 8.80. The largest absolute Gasteiger partial charge is 0.481 e. The maximum Gasteiger partial charge on any atom is 0.303 e. The van der Waals surface area contributed by atoms with Gasteiger partial charge in [-0.3, -0.25) is 9.59 Å². The van der Waals surface area contributed by atoms with Crippen LogP contribution < -0.4 is 0 Å². The van der Waals surface area contributed by atoms with E-state index in [1.54, 1.807) is 19.1 Å². The third kappa shape index (κ3) is 8.00. The van der Waals surface area contributed by atoms with Gasteiger partial charge in [-0.1, -0.05) is 37.3 Å². The standard InChI is InChI=1S/C21H28O4/c1-3-4-9-16(2)19(22)14-12-17-13-15-20(23)18(17)10-7-5-6-8-11-21(24)25/h5,7,12-19,22H,6,8-11H2,1-2H3,(H,24,25)/t16?,17-,18+,19+/m0/s1. The number of unbranched alkanes of at least 4 members (excludes halogenated alkanes) is 1. The molecule has 0 aliphatic heterocycles. The van der Waals surface area contributed by atoms with Gasteiger partial charge in [0.2, 0.25) is 0 Å². The van der Waals surface area contributed by atoms with Gasteiger partial charge in [0.15, 0.2) is 5.78 Å². The zero-order valence-electron chi connectivity index (χ0n) is 15.0. The lowest BCUT2D eigenvalue weighted by atomic mass is 9.89. The molecule has 4 nitrogen and oxygen atoms in total. The maximum atomic E-state index is 12.0. The van der Waals surface area contributed by atoms with Crippen LogP contribution in [-0.4, -0.2) is 28.1 Å². The zero-order chi connectivity index (χ0) is 18.7. The smallest absolute Gasteiger partial charge is 0.303 e. The predicted octanol–water partition coefficient (Wildman–Crippen LogP) is 3.53. The molecule has 1 aliphatic carbocycles. The molecule has 0 aromatic rings. The van der Waals surface area contributed by atoms with Crippen LogP contribution in [0.3, 0.4) is 0 Å². The number of aliphatic carboxylic acids is 1. The molecule has 4 heteroatoms. The van der Waals surface area contributed by atoms with Crippen molar-refractivity contribution in [3.05, 3.63) is 36.5 Å². The molecule has 0 amide bonds. The van der Waals surface area contributed by atoms with Crippen LogP contribution in [0, 0.1) is 29.6 Å². The van der Waals surface area contributed by atoms with Crippen LogP contribution in [0.4, 0.5) is 0 Å². The normalized spacial score (nSPS) is 22.3. The van der Waals surface area contributed by atoms with Crippen molar-refractivity contribution in [2.45, 2.75) is 52.1 Å². The minimum atomic E-state index is -0.786. The van der Waals surface area contributed by atoms with Gasteiger partial charge in [-0.2, -0.15) is 0 Å². The SMILES string of the molecule is CC#CCC(C)[C@H](O)C=C[C@H]1C=CC(=O)[C@@H]1CC=CCCCC(=O)O. The van der Waals surface area contributed by atoms with Crippen molar-refractivity contribution in [2.75, 3.05) is 0 Å². The number of aliphatic hydroxyl groups excluding tert-OH is 1. The molecule has 136 valence electrons. The van der Waals surface area contributed by atoms with Crippen LogP contribution >= 0.6 is 0 Å². The molecule has 0 aromatic carbocycles. The van der Waals surface area contributed by atoms with E-state index in [4.69, 9.17) is 5.11 Å². The molecule has 0 aromatic heterocycles. The first-order chi connectivity index (χ1) is 12.0. The number of rotatable bonds is 10. The van der Waals surface area contributed by atoms with Crippen molar-refractivity contribution in [3.63, 3.8) is 0 Å². The molecule has 0 saturated carbocycles. The van der Waals surface area contributed by atoms with Crippen molar-refractivity contribution < 1.29 is 19.8 Å². The molecule has 1 aliphatic rings. The van der Waals surface area contributed by atoms with E-state index < -0.39 is 12.1 Å². The zero-order valence-corrected chi connectivity index (χ0v) is 15.0. The van der Waals surface area contributed by atoms with Crippen LogP contribution in [0.1, 0.15) is 46.0 Å². The fourth-order valence-corrected chi connectivity index (χ4v) is 2.67. The molecule has 0 fully saturated rings. The number of carboxylic acids is 1. The highest BCUT2D eigenvalue weighted by molar-refractivity contribution is 5.95. The molecule has 2 N–H and O–H groups in total. The summed E-state index contributed by atoms with van der Waals surface area (Å²) in [5.41, 5.74) is 0. The first-order valence-corrected chi connectivity index (χ1v) is 8.80. The van der Waals surface area contributed by atoms with Crippen LogP contribution in [-0.2, 0) is 9.59 Å². The van der Waals surface area contributed by atoms with Gasteiger partial charge in [0.05, 0.1) is 6.10 Å². The fourth-order valence-electron chi connectivity index (χ4n) is 2.67. The average molecular weight is 344 g/mol. The maximum absolute atomic E-state index is 12.0. The van der Waals surface area contributed by atoms with E-state index in [9.17, 15) is 14.7 Å². The van der Waals surface area contributed by atoms with Crippen molar-refractivity contribution in [2.24, 2.45) is 17.8 Å². The van der Waals surface area contributed by atoms with Crippen molar-refractivity contribution in [1.29, 1.82) is 0 Å². The molecule has 0 radical (unpaired) electrons. The number of aliphatic hydroxyl groups is 1. The lowest BCUT2D eigenvalue weighted by molar-refractivity contribution is -0.137. The van der Waals surface area contributed by atoms with Crippen molar-refractivity contribution >= 4 is 11.8 Å². The topological polar surface area (TPSA) is 74.6 Å². The highest BCUT2D eigenvalue weighted by atomic mass is 16.4. The van der Waals surface area contributed by atoms with E-state index in [-0.39, 0.29) is 30.0 Å². The van der Waals surface area contributed by atoms with E-state index in [1.807, 2.05) is 31.2 Å². The highest BCUT2D eigenvalue weighted by Crippen LogP contribution is 2.27. The Hall–Kier alpha value is -2.12. The Balaban J connectivity index is 2.49. The van der Waals surface area contributed by atoms with Crippen LogP contribution in [0.25, 0.3) is 0 Å². The van der Waals surface area contributed by atoms with Crippen LogP contribution in [0.2, 0.25) is 0 Å². The summed E-state index contributed by atoms with van der Waals surface area (Å²) in [6.45, 7) is 3.73. The summed E-state index contributed by atoms with van der Waals surface area (Å²) in [5.74, 6) is 5.02. The second-order valence-corrected chi connectivity index (χ2v) is 6.42. The molecular weight excluding hydrogens is 316 g/mol. The monoisotopic (exact) mass is 344 g/mol. The molecule has 25 heavy (non-hydrogen) atoms. The highest BCUT2D eigenvalue weighted by Gasteiger charge is 2.27. The van der Waals surface area contributed by atoms with Crippen molar-refractivity contribution in [3.8, 4) is 11.8 Å². The summed E-state index contributed by atoms with van der Waals surface area (Å²) in [6, 6.07) is 0. The Kier molecular flexibility index (Phi) is 9.57. The fraction of sp³-hybridized carbons (Fsp3) is 0.524. The summed E-state index contributed by atoms with van der Waals surface area (Å²) < 4.78 is 0. The summed E-state index contributed by atoms with van der Waals surface area (Å²) in [6.07, 6.45) is 13.2. The molecular formula is C21H28O4. The van der Waals surface area contributed by atoms with Gasteiger partial charge >= 0.3 is 5.97 Å². The van der Waals surface area contributed by atoms with E-state index in [2.05, 4.69) is 11.8 Å². The number of hydrogen-bond acceptors (Lipinski definition) is 3. The van der Waals surface area contributed by atoms with Gasteiger partial charge in [-0.05, 0) is 38.2 Å². The number of carbonyl (C=O) groups is 2. The number of ketones is 1. The number of allylic oxidation sites excluding steroid dienone is 5. The summed E-state index contributed by atoms with van der Waals surface area (Å²) in [4.78, 5) is 22.4. The molecule has 1 rings (SSSR count). The average Bonchev–Trinajstić information content (AvgIpc) is 2.93. The first kappa shape index (κ1) is 20.9. The molecule has 0 bridgehead atoms. The van der Waals surface area contributed by atoms with E-state index in [0.717, 1.165) is 0 Å². The Morgan fingerprint density at radius 2 is 2.16 bits per heavy atom. The number of carboxylic acid groups (broad SMARTS) is 1. The number of carbonyl (C=O) groups excluding carboxylic acids is 1. The third-order valence-electron chi connectivity index (χ3n) is 4.35. The second-order valence-electron chi connectivity index (χ2n) is 6.42. The molecule has 0 heterocycles. The second kappa shape index (κ2) is 11.4. The van der Waals surface area contributed by atoms with Gasteiger partial charge in [0.1, 0.15) is 0 Å². The van der Waals surface area contributed by atoms with E-state index >= 15 is 0 Å². The Labute approximate surface area is 150 Å². The Morgan fingerprint density at radius 3 is 2.84 bits per heavy atom. The summed E-state index contributed by atoms with van der Waals surface area (Å²) in [5, 5.41) is 18.7. The Morgan fingerprint density at radius 1 is 1.40 bits per heavy atom. The van der Waals surface area contributed by atoms with Crippen LogP contribution in [0.5, 0.6) is 0 Å². The predicted molar refractivity (Wildman–Crippen MR) is 98.7 cm³/mol. The van der Waals surface area contributed by atoms with E-state index in [0.29, 0.717) is 25.7 Å². The quantitative estimate of drug-likeness (QED) is 0.361. The van der Waals surface area contributed by atoms with E-state index in [1.165, 1.54) is 0 Å². The minimum Gasteiger partial charge on any atom is -0.481 e. The van der Waals surface area contributed by atoms with Gasteiger partial charge in [0, 0.05) is 24.7 Å². The third-order valence-corrected chi connectivity index (χ3v) is 4.35. The van der Waals surface area contributed by atoms with Crippen molar-refractivity contribution in [1.82, 2.24) is 0 Å². The lowest BCUT2D eigenvalue weighted by Crippen LogP contribution is -2.17. The molecule has 1 unspecified atom stereocenters. The Bertz CT molecular complexity index is 589. The minimum absolute atomic E-state index is 0.00437. The van der Waals surface area contributed by atoms with Gasteiger partial charge in [-0.25, -0.2) is 0 Å². The van der Waals surface area contributed by atoms with Crippen LogP contribution in [0.15, 0.2) is 36.5 Å². The lowest BCUT2D eigenvalue weighted by Gasteiger charge is -2.16. The summed E-state index contributed by atoms with van der Waals surface area (Å²) in [7, 11) is 0. The molecule has 0 saturated heterocycles. The molecule has 0 spiro atoms. The number of hydrogen-bond donors (Lipinski definition) is 2. The van der Waals surface area contributed by atoms with Gasteiger partial charge in [0.25, 0.3) is 0 Å². The molecule has 4 atom stereocenters. The summed E-state index contributed by atoms with van der Waals surface area (Å²) >= 11 is 0.